The molecule has 1 fully saturated rings. The van der Waals surface area contributed by atoms with E-state index < -0.39 is 12.1 Å². The van der Waals surface area contributed by atoms with Gasteiger partial charge in [0, 0.05) is 17.8 Å². The quantitative estimate of drug-likeness (QED) is 0.396. The molecule has 2 amide bonds. The zero-order valence-corrected chi connectivity index (χ0v) is 16.3. The number of phenolic OH excluding ortho intramolecular Hbond substituents is 2. The highest BCUT2D eigenvalue weighted by Gasteiger charge is 2.40. The van der Waals surface area contributed by atoms with Gasteiger partial charge in [-0.15, -0.1) is 11.3 Å². The van der Waals surface area contributed by atoms with Crippen molar-refractivity contribution in [1.29, 1.82) is 0 Å². The number of thiophene rings is 1. The van der Waals surface area contributed by atoms with E-state index in [0.717, 1.165) is 17.7 Å². The lowest BCUT2D eigenvalue weighted by molar-refractivity contribution is -0.150. The summed E-state index contributed by atoms with van der Waals surface area (Å²) >= 11 is 1.55. The Hall–Kier alpha value is -2.58. The summed E-state index contributed by atoms with van der Waals surface area (Å²) in [7, 11) is 0. The van der Waals surface area contributed by atoms with Crippen LogP contribution in [0.2, 0.25) is 0 Å². The van der Waals surface area contributed by atoms with Crippen LogP contribution in [0.15, 0.2) is 35.7 Å². The summed E-state index contributed by atoms with van der Waals surface area (Å²) in [4.78, 5) is 28.6. The minimum absolute atomic E-state index is 0.140. The molecule has 0 aliphatic carbocycles. The molecule has 1 saturated heterocycles. The van der Waals surface area contributed by atoms with Crippen molar-refractivity contribution in [3.63, 3.8) is 0 Å². The molecule has 1 aliphatic heterocycles. The molecule has 1 aliphatic rings. The fourth-order valence-electron chi connectivity index (χ4n) is 3.41. The second kappa shape index (κ2) is 9.07. The van der Waals surface area contributed by atoms with Gasteiger partial charge in [0.1, 0.15) is 12.1 Å². The number of nitrogens with two attached hydrogens (primary N) is 1. The van der Waals surface area contributed by atoms with Crippen molar-refractivity contribution >= 4 is 23.2 Å². The van der Waals surface area contributed by atoms with Crippen molar-refractivity contribution < 1.29 is 19.8 Å². The Bertz CT molecular complexity index is 825. The number of aromatic hydroxyl groups is 2. The molecule has 7 nitrogen and oxygen atoms in total. The zero-order valence-electron chi connectivity index (χ0n) is 15.5. The van der Waals surface area contributed by atoms with Crippen LogP contribution in [0.3, 0.4) is 0 Å². The van der Waals surface area contributed by atoms with Crippen molar-refractivity contribution in [2.75, 3.05) is 6.54 Å². The molecular weight excluding hydrogens is 378 g/mol. The number of hydrogen-bond acceptors (Lipinski definition) is 6. The number of carbonyl (C=O) groups is 2. The number of phenols is 2. The van der Waals surface area contributed by atoms with Gasteiger partial charge in [0.15, 0.2) is 11.5 Å². The second-order valence-electron chi connectivity index (χ2n) is 6.93. The molecule has 1 aromatic carbocycles. The summed E-state index contributed by atoms with van der Waals surface area (Å²) in [6.45, 7) is 0.726. The molecular formula is C20H25N3O4S. The van der Waals surface area contributed by atoms with Crippen molar-refractivity contribution in [3.05, 3.63) is 46.2 Å². The number of nitrogens with zero attached hydrogens (tertiary/aromatic N) is 1. The molecule has 2 aromatic rings. The summed E-state index contributed by atoms with van der Waals surface area (Å²) in [5.74, 6) is -0.776. The van der Waals surface area contributed by atoms with Crippen molar-refractivity contribution in [3.8, 4) is 11.5 Å². The maximum absolute atomic E-state index is 13.2. The van der Waals surface area contributed by atoms with Gasteiger partial charge in [0.2, 0.25) is 11.8 Å². The van der Waals surface area contributed by atoms with Crippen LogP contribution < -0.4 is 11.1 Å². The molecule has 2 atom stereocenters. The first-order chi connectivity index (χ1) is 13.5. The first-order valence-electron chi connectivity index (χ1n) is 9.33. The van der Waals surface area contributed by atoms with E-state index >= 15 is 0 Å². The fourth-order valence-corrected chi connectivity index (χ4v) is 4.17. The van der Waals surface area contributed by atoms with Crippen LogP contribution in [0.4, 0.5) is 0 Å². The van der Waals surface area contributed by atoms with Crippen molar-refractivity contribution in [2.45, 2.75) is 44.3 Å². The van der Waals surface area contributed by atoms with E-state index in [1.807, 2.05) is 17.5 Å². The van der Waals surface area contributed by atoms with Gasteiger partial charge < -0.3 is 26.2 Å². The first kappa shape index (κ1) is 20.2. The summed E-state index contributed by atoms with van der Waals surface area (Å²) in [5.41, 5.74) is 6.21. The minimum Gasteiger partial charge on any atom is -0.504 e. The maximum atomic E-state index is 13.2. The third-order valence-corrected chi connectivity index (χ3v) is 5.79. The van der Waals surface area contributed by atoms with Gasteiger partial charge in [-0.05, 0) is 54.9 Å². The van der Waals surface area contributed by atoms with Crippen LogP contribution in [0.25, 0.3) is 0 Å². The van der Waals surface area contributed by atoms with Crippen LogP contribution in [-0.2, 0) is 22.6 Å². The Morgan fingerprint density at radius 1 is 1.14 bits per heavy atom. The normalized spacial score (nSPS) is 19.7. The molecule has 0 saturated carbocycles. The molecule has 28 heavy (non-hydrogen) atoms. The summed E-state index contributed by atoms with van der Waals surface area (Å²) in [6.07, 6.45) is 2.51. The molecule has 0 spiro atoms. The molecule has 2 unspecified atom stereocenters. The van der Waals surface area contributed by atoms with Gasteiger partial charge in [-0.2, -0.15) is 0 Å². The SMILES string of the molecule is NCCCCC1C(=O)NC(Cc2cccs2)C(=O)N1Cc1ccc(O)c(O)c1. The Morgan fingerprint density at radius 3 is 2.64 bits per heavy atom. The number of amides is 2. The topological polar surface area (TPSA) is 116 Å². The van der Waals surface area contributed by atoms with Crippen LogP contribution in [0.1, 0.15) is 29.7 Å². The molecule has 3 rings (SSSR count). The van der Waals surface area contributed by atoms with Crippen LogP contribution in [0, 0.1) is 0 Å². The van der Waals surface area contributed by atoms with E-state index in [1.165, 1.54) is 12.1 Å². The highest BCUT2D eigenvalue weighted by Crippen LogP contribution is 2.27. The minimum atomic E-state index is -0.609. The number of unbranched alkanes of at least 4 members (excludes halogenated alkanes) is 1. The average molecular weight is 404 g/mol. The number of rotatable bonds is 8. The predicted octanol–water partition coefficient (Wildman–Crippen LogP) is 1.73. The average Bonchev–Trinajstić information content (AvgIpc) is 3.17. The van der Waals surface area contributed by atoms with E-state index in [0.29, 0.717) is 24.9 Å². The number of hydrogen-bond donors (Lipinski definition) is 4. The number of carbonyl (C=O) groups excluding carboxylic acids is 2. The highest BCUT2D eigenvalue weighted by molar-refractivity contribution is 7.09. The third-order valence-electron chi connectivity index (χ3n) is 4.89. The number of piperazine rings is 1. The second-order valence-corrected chi connectivity index (χ2v) is 7.97. The van der Waals surface area contributed by atoms with Gasteiger partial charge in [-0.25, -0.2) is 0 Å². The van der Waals surface area contributed by atoms with E-state index in [4.69, 9.17) is 5.73 Å². The third kappa shape index (κ3) is 4.63. The summed E-state index contributed by atoms with van der Waals surface area (Å²) < 4.78 is 0. The van der Waals surface area contributed by atoms with E-state index in [2.05, 4.69) is 5.32 Å². The first-order valence-corrected chi connectivity index (χ1v) is 10.2. The summed E-state index contributed by atoms with van der Waals surface area (Å²) in [5, 5.41) is 24.1. The van der Waals surface area contributed by atoms with Crippen LogP contribution in [0.5, 0.6) is 11.5 Å². The van der Waals surface area contributed by atoms with Crippen molar-refractivity contribution in [2.24, 2.45) is 5.73 Å². The predicted molar refractivity (Wildman–Crippen MR) is 107 cm³/mol. The largest absolute Gasteiger partial charge is 0.504 e. The van der Waals surface area contributed by atoms with E-state index in [-0.39, 0.29) is 29.9 Å². The highest BCUT2D eigenvalue weighted by atomic mass is 32.1. The molecule has 150 valence electrons. The molecule has 0 radical (unpaired) electrons. The van der Waals surface area contributed by atoms with Crippen LogP contribution >= 0.6 is 11.3 Å². The number of benzene rings is 1. The van der Waals surface area contributed by atoms with Crippen molar-refractivity contribution in [1.82, 2.24) is 10.2 Å². The van der Waals surface area contributed by atoms with Crippen LogP contribution in [-0.4, -0.2) is 45.6 Å². The Balaban J connectivity index is 1.82. The van der Waals surface area contributed by atoms with Gasteiger partial charge in [0.25, 0.3) is 0 Å². The molecule has 2 heterocycles. The smallest absolute Gasteiger partial charge is 0.246 e. The monoisotopic (exact) mass is 403 g/mol. The lowest BCUT2D eigenvalue weighted by Crippen LogP contribution is -2.63. The van der Waals surface area contributed by atoms with Gasteiger partial charge in [-0.1, -0.05) is 12.1 Å². The zero-order chi connectivity index (χ0) is 20.1. The number of nitrogens with one attached hydrogen (secondary N) is 1. The Morgan fingerprint density at radius 2 is 1.96 bits per heavy atom. The standard InChI is InChI=1S/C20H25N3O4S/c21-8-2-1-5-16-19(26)22-15(11-14-4-3-9-28-14)20(27)23(16)12-13-6-7-17(24)18(25)10-13/h3-4,6-7,9-10,15-16,24-25H,1-2,5,8,11-12,21H2,(H,22,26). The Labute approximate surface area is 167 Å². The fraction of sp³-hybridized carbons (Fsp3) is 0.400. The van der Waals surface area contributed by atoms with E-state index in [9.17, 15) is 19.8 Å². The molecule has 5 N–H and O–H groups in total. The summed E-state index contributed by atoms with van der Waals surface area (Å²) in [6, 6.07) is 7.12. The van der Waals surface area contributed by atoms with Gasteiger partial charge in [0.05, 0.1) is 0 Å². The van der Waals surface area contributed by atoms with Gasteiger partial charge >= 0.3 is 0 Å². The lowest BCUT2D eigenvalue weighted by atomic mass is 9.98. The van der Waals surface area contributed by atoms with E-state index in [1.54, 1.807) is 22.3 Å². The molecule has 0 bridgehead atoms. The molecule has 8 heteroatoms. The maximum Gasteiger partial charge on any atom is 0.246 e. The van der Waals surface area contributed by atoms with Gasteiger partial charge in [-0.3, -0.25) is 9.59 Å². The molecule has 1 aromatic heterocycles. The lowest BCUT2D eigenvalue weighted by Gasteiger charge is -2.39. The Kier molecular flexibility index (Phi) is 6.53.